The lowest BCUT2D eigenvalue weighted by Crippen LogP contribution is -2.17. The van der Waals surface area contributed by atoms with Gasteiger partial charge in [-0.2, -0.15) is 0 Å². The molecular weight excluding hydrogens is 331 g/mol. The van der Waals surface area contributed by atoms with Gasteiger partial charge in [-0.05, 0) is 42.0 Å². The Labute approximate surface area is 142 Å². The van der Waals surface area contributed by atoms with Crippen molar-refractivity contribution in [2.75, 3.05) is 12.4 Å². The van der Waals surface area contributed by atoms with Gasteiger partial charge < -0.3 is 19.2 Å². The number of aromatic nitrogens is 2. The van der Waals surface area contributed by atoms with Gasteiger partial charge in [-0.3, -0.25) is 0 Å². The fourth-order valence-electron chi connectivity index (χ4n) is 2.07. The van der Waals surface area contributed by atoms with Gasteiger partial charge >= 0.3 is 0 Å². The summed E-state index contributed by atoms with van der Waals surface area (Å²) in [6, 6.07) is 9.80. The van der Waals surface area contributed by atoms with Crippen LogP contribution in [-0.4, -0.2) is 33.5 Å². The molecule has 2 N–H and O–H groups in total. The second kappa shape index (κ2) is 8.14. The molecule has 0 aliphatic heterocycles. The zero-order chi connectivity index (χ0) is 16.8. The van der Waals surface area contributed by atoms with Crippen molar-refractivity contribution in [2.24, 2.45) is 0 Å². The molecule has 0 spiro atoms. The third kappa shape index (κ3) is 4.70. The van der Waals surface area contributed by atoms with Gasteiger partial charge in [0.1, 0.15) is 18.2 Å². The van der Waals surface area contributed by atoms with Gasteiger partial charge in [0, 0.05) is 5.75 Å². The van der Waals surface area contributed by atoms with E-state index in [9.17, 15) is 9.50 Å². The van der Waals surface area contributed by atoms with Crippen LogP contribution in [0.4, 0.5) is 4.39 Å². The summed E-state index contributed by atoms with van der Waals surface area (Å²) in [7, 11) is 0. The van der Waals surface area contributed by atoms with Crippen molar-refractivity contribution in [1.29, 1.82) is 0 Å². The van der Waals surface area contributed by atoms with Gasteiger partial charge in [0.15, 0.2) is 5.16 Å². The Morgan fingerprint density at radius 2 is 2.12 bits per heavy atom. The van der Waals surface area contributed by atoms with E-state index in [0.717, 1.165) is 17.0 Å². The average Bonchev–Trinajstić information content (AvgIpc) is 3.25. The molecule has 1 unspecified atom stereocenters. The van der Waals surface area contributed by atoms with Crippen molar-refractivity contribution in [3.63, 3.8) is 0 Å². The van der Waals surface area contributed by atoms with E-state index in [1.54, 1.807) is 30.7 Å². The molecule has 0 bridgehead atoms. The lowest BCUT2D eigenvalue weighted by Gasteiger charge is -2.09. The number of hydrogen-bond donors (Lipinski definition) is 2. The Kier molecular flexibility index (Phi) is 5.68. The summed E-state index contributed by atoms with van der Waals surface area (Å²) in [6.45, 7) is 0.559. The fraction of sp³-hybridized carbons (Fsp3) is 0.235. The van der Waals surface area contributed by atoms with E-state index in [1.807, 2.05) is 6.07 Å². The highest BCUT2D eigenvalue weighted by molar-refractivity contribution is 7.99. The molecule has 7 heteroatoms. The predicted molar refractivity (Wildman–Crippen MR) is 89.1 cm³/mol. The molecule has 2 heterocycles. The summed E-state index contributed by atoms with van der Waals surface area (Å²) in [4.78, 5) is 7.40. The van der Waals surface area contributed by atoms with Crippen LogP contribution < -0.4 is 0 Å². The number of rotatable bonds is 8. The van der Waals surface area contributed by atoms with Crippen molar-refractivity contribution >= 4 is 11.8 Å². The number of hydrogen-bond acceptors (Lipinski definition) is 5. The molecule has 1 aromatic carbocycles. The highest BCUT2D eigenvalue weighted by atomic mass is 32.2. The summed E-state index contributed by atoms with van der Waals surface area (Å²) in [5.74, 6) is 0.907. The Bertz CT molecular complexity index is 744. The van der Waals surface area contributed by atoms with Crippen LogP contribution in [0.25, 0.3) is 11.3 Å². The van der Waals surface area contributed by atoms with E-state index in [-0.39, 0.29) is 12.4 Å². The summed E-state index contributed by atoms with van der Waals surface area (Å²) in [5, 5.41) is 10.6. The number of aliphatic hydroxyl groups excluding tert-OH is 1. The maximum Gasteiger partial charge on any atom is 0.165 e. The number of aromatic amines is 1. The Balaban J connectivity index is 1.44. The first kappa shape index (κ1) is 16.8. The van der Waals surface area contributed by atoms with Crippen LogP contribution in [0.3, 0.4) is 0 Å². The van der Waals surface area contributed by atoms with E-state index < -0.39 is 6.10 Å². The summed E-state index contributed by atoms with van der Waals surface area (Å²) < 4.78 is 23.5. The van der Waals surface area contributed by atoms with Crippen LogP contribution in [-0.2, 0) is 11.3 Å². The van der Waals surface area contributed by atoms with Crippen molar-refractivity contribution in [2.45, 2.75) is 17.9 Å². The number of nitrogens with one attached hydrogen (secondary N) is 1. The molecule has 126 valence electrons. The number of H-pyrrole nitrogens is 1. The van der Waals surface area contributed by atoms with Crippen molar-refractivity contribution in [3.8, 4) is 11.3 Å². The number of imidazole rings is 1. The number of aliphatic hydroxyl groups is 1. The highest BCUT2D eigenvalue weighted by Crippen LogP contribution is 2.22. The topological polar surface area (TPSA) is 71.3 Å². The maximum absolute atomic E-state index is 12.9. The monoisotopic (exact) mass is 348 g/mol. The van der Waals surface area contributed by atoms with E-state index in [0.29, 0.717) is 17.5 Å². The van der Waals surface area contributed by atoms with Gasteiger partial charge in [0.05, 0.1) is 30.9 Å². The van der Waals surface area contributed by atoms with Crippen LogP contribution >= 0.6 is 11.8 Å². The van der Waals surface area contributed by atoms with Gasteiger partial charge in [-0.15, -0.1) is 0 Å². The second-order valence-electron chi connectivity index (χ2n) is 5.17. The molecule has 0 aliphatic rings. The third-order valence-corrected chi connectivity index (χ3v) is 4.29. The number of halogens is 1. The van der Waals surface area contributed by atoms with Crippen molar-refractivity contribution in [1.82, 2.24) is 9.97 Å². The van der Waals surface area contributed by atoms with E-state index in [2.05, 4.69) is 9.97 Å². The Morgan fingerprint density at radius 1 is 1.29 bits per heavy atom. The summed E-state index contributed by atoms with van der Waals surface area (Å²) in [5.41, 5.74) is 1.67. The minimum Gasteiger partial charge on any atom is -0.467 e. The van der Waals surface area contributed by atoms with Crippen LogP contribution in [0.1, 0.15) is 5.76 Å². The average molecular weight is 348 g/mol. The standard InChI is InChI=1S/C17H17FN2O3S/c18-13-5-3-12(4-6-13)16-8-19-17(20-16)24-11-14(21)9-22-10-15-2-1-7-23-15/h1-8,14,21H,9-11H2,(H,19,20). The first-order valence-electron chi connectivity index (χ1n) is 7.42. The van der Waals surface area contributed by atoms with Gasteiger partial charge in [0.2, 0.25) is 0 Å². The van der Waals surface area contributed by atoms with E-state index >= 15 is 0 Å². The number of thioether (sulfide) groups is 1. The SMILES string of the molecule is OC(COCc1ccco1)CSc1ncc(-c2ccc(F)cc2)[nH]1. The van der Waals surface area contributed by atoms with Crippen molar-refractivity contribution < 1.29 is 18.7 Å². The Hall–Kier alpha value is -2.09. The van der Waals surface area contributed by atoms with Crippen LogP contribution in [0.2, 0.25) is 0 Å². The van der Waals surface area contributed by atoms with E-state index in [4.69, 9.17) is 9.15 Å². The predicted octanol–water partition coefficient (Wildman–Crippen LogP) is 3.48. The largest absolute Gasteiger partial charge is 0.467 e. The van der Waals surface area contributed by atoms with Crippen LogP contribution in [0, 0.1) is 5.82 Å². The molecule has 0 saturated carbocycles. The van der Waals surface area contributed by atoms with E-state index in [1.165, 1.54) is 23.9 Å². The quantitative estimate of drug-likeness (QED) is 0.610. The number of furan rings is 1. The van der Waals surface area contributed by atoms with Crippen molar-refractivity contribution in [3.05, 3.63) is 60.4 Å². The van der Waals surface area contributed by atoms with Crippen LogP contribution in [0.15, 0.2) is 58.4 Å². The molecule has 0 aliphatic carbocycles. The van der Waals surface area contributed by atoms with Crippen LogP contribution in [0.5, 0.6) is 0 Å². The first-order chi connectivity index (χ1) is 11.7. The van der Waals surface area contributed by atoms with Gasteiger partial charge in [-0.1, -0.05) is 11.8 Å². The molecule has 0 saturated heterocycles. The fourth-order valence-corrected chi connectivity index (χ4v) is 2.82. The molecule has 2 aromatic heterocycles. The molecule has 3 aromatic rings. The first-order valence-corrected chi connectivity index (χ1v) is 8.41. The lowest BCUT2D eigenvalue weighted by atomic mass is 10.2. The zero-order valence-electron chi connectivity index (χ0n) is 12.8. The van der Waals surface area contributed by atoms with Gasteiger partial charge in [0.25, 0.3) is 0 Å². The lowest BCUT2D eigenvalue weighted by molar-refractivity contribution is 0.0328. The Morgan fingerprint density at radius 3 is 2.88 bits per heavy atom. The second-order valence-corrected chi connectivity index (χ2v) is 6.18. The summed E-state index contributed by atoms with van der Waals surface area (Å²) in [6.07, 6.45) is 2.67. The number of nitrogens with zero attached hydrogens (tertiary/aromatic N) is 1. The zero-order valence-corrected chi connectivity index (χ0v) is 13.6. The minimum absolute atomic E-state index is 0.221. The minimum atomic E-state index is -0.607. The molecular formula is C17H17FN2O3S. The van der Waals surface area contributed by atoms with Gasteiger partial charge in [-0.25, -0.2) is 9.37 Å². The smallest absolute Gasteiger partial charge is 0.165 e. The molecule has 24 heavy (non-hydrogen) atoms. The number of ether oxygens (including phenoxy) is 1. The molecule has 0 radical (unpaired) electrons. The summed E-state index contributed by atoms with van der Waals surface area (Å²) >= 11 is 1.40. The molecule has 1 atom stereocenters. The molecule has 0 amide bonds. The molecule has 3 rings (SSSR count). The molecule has 5 nitrogen and oxygen atoms in total. The normalized spacial score (nSPS) is 12.4. The molecule has 0 fully saturated rings. The highest BCUT2D eigenvalue weighted by Gasteiger charge is 2.09. The third-order valence-electron chi connectivity index (χ3n) is 3.25. The maximum atomic E-state index is 12.9. The number of benzene rings is 1.